The number of hydrogen-bond acceptors (Lipinski definition) is 2. The zero-order valence-corrected chi connectivity index (χ0v) is 11.1. The Morgan fingerprint density at radius 1 is 1.24 bits per heavy atom. The van der Waals surface area contributed by atoms with Gasteiger partial charge in [0.25, 0.3) is 0 Å². The molecule has 0 bridgehead atoms. The minimum Gasteiger partial charge on any atom is -0.490 e. The average molecular weight is 233 g/mol. The molecule has 1 N–H and O–H groups in total. The molecular formula is C15H23NO. The Balaban J connectivity index is 1.91. The van der Waals surface area contributed by atoms with E-state index < -0.39 is 0 Å². The molecule has 1 aliphatic carbocycles. The standard InChI is InChI=1S/C15H23NO/c1-11(10-12(2)16-3)13-4-6-14(7-5-13)17-15-8-9-15/h4-7,11-12,15-16H,8-10H2,1-3H3. The molecule has 0 amide bonds. The summed E-state index contributed by atoms with van der Waals surface area (Å²) in [5.41, 5.74) is 1.40. The first-order valence-electron chi connectivity index (χ1n) is 6.63. The van der Waals surface area contributed by atoms with Gasteiger partial charge in [0.15, 0.2) is 0 Å². The van der Waals surface area contributed by atoms with Gasteiger partial charge < -0.3 is 10.1 Å². The fraction of sp³-hybridized carbons (Fsp3) is 0.600. The van der Waals surface area contributed by atoms with E-state index in [0.717, 1.165) is 5.75 Å². The van der Waals surface area contributed by atoms with Gasteiger partial charge in [0.2, 0.25) is 0 Å². The molecule has 94 valence electrons. The molecule has 0 radical (unpaired) electrons. The third-order valence-electron chi connectivity index (χ3n) is 3.48. The van der Waals surface area contributed by atoms with Crippen LogP contribution in [0.1, 0.15) is 44.6 Å². The lowest BCUT2D eigenvalue weighted by atomic mass is 9.94. The highest BCUT2D eigenvalue weighted by molar-refractivity contribution is 5.29. The number of hydrogen-bond donors (Lipinski definition) is 1. The van der Waals surface area contributed by atoms with Crippen LogP contribution in [0, 0.1) is 0 Å². The third-order valence-corrected chi connectivity index (χ3v) is 3.48. The lowest BCUT2D eigenvalue weighted by Crippen LogP contribution is -2.22. The van der Waals surface area contributed by atoms with Crippen LogP contribution in [0.15, 0.2) is 24.3 Å². The first kappa shape index (κ1) is 12.4. The molecule has 2 unspecified atom stereocenters. The van der Waals surface area contributed by atoms with Gasteiger partial charge in [0.05, 0.1) is 6.10 Å². The van der Waals surface area contributed by atoms with Crippen molar-refractivity contribution in [1.29, 1.82) is 0 Å². The summed E-state index contributed by atoms with van der Waals surface area (Å²) in [6.45, 7) is 4.51. The summed E-state index contributed by atoms with van der Waals surface area (Å²) in [6.07, 6.45) is 4.09. The van der Waals surface area contributed by atoms with Gasteiger partial charge in [-0.2, -0.15) is 0 Å². The van der Waals surface area contributed by atoms with Gasteiger partial charge in [-0.05, 0) is 56.8 Å². The maximum atomic E-state index is 5.75. The first-order chi connectivity index (χ1) is 8.19. The van der Waals surface area contributed by atoms with Crippen molar-refractivity contribution in [3.8, 4) is 5.75 Å². The highest BCUT2D eigenvalue weighted by Crippen LogP contribution is 2.28. The first-order valence-corrected chi connectivity index (χ1v) is 6.63. The van der Waals surface area contributed by atoms with Gasteiger partial charge in [-0.15, -0.1) is 0 Å². The van der Waals surface area contributed by atoms with Gasteiger partial charge >= 0.3 is 0 Å². The summed E-state index contributed by atoms with van der Waals surface area (Å²) in [5.74, 6) is 1.61. The van der Waals surface area contributed by atoms with Crippen molar-refractivity contribution in [1.82, 2.24) is 5.32 Å². The summed E-state index contributed by atoms with van der Waals surface area (Å²) in [5, 5.41) is 3.29. The Bertz CT molecular complexity index is 342. The van der Waals surface area contributed by atoms with Crippen molar-refractivity contribution in [2.45, 2.75) is 51.2 Å². The Kier molecular flexibility index (Phi) is 4.06. The molecule has 1 saturated carbocycles. The topological polar surface area (TPSA) is 21.3 Å². The quantitative estimate of drug-likeness (QED) is 0.813. The van der Waals surface area contributed by atoms with Crippen molar-refractivity contribution in [3.63, 3.8) is 0 Å². The van der Waals surface area contributed by atoms with Crippen LogP contribution in [0.4, 0.5) is 0 Å². The molecule has 2 nitrogen and oxygen atoms in total. The van der Waals surface area contributed by atoms with Crippen LogP contribution in [0.25, 0.3) is 0 Å². The lowest BCUT2D eigenvalue weighted by molar-refractivity contribution is 0.303. The highest BCUT2D eigenvalue weighted by Gasteiger charge is 2.23. The van der Waals surface area contributed by atoms with E-state index >= 15 is 0 Å². The number of rotatable bonds is 6. The highest BCUT2D eigenvalue weighted by atomic mass is 16.5. The zero-order chi connectivity index (χ0) is 12.3. The second-order valence-electron chi connectivity index (χ2n) is 5.21. The van der Waals surface area contributed by atoms with E-state index in [1.54, 1.807) is 0 Å². The average Bonchev–Trinajstić information content (AvgIpc) is 3.13. The maximum Gasteiger partial charge on any atom is 0.119 e. The van der Waals surface area contributed by atoms with E-state index in [1.807, 2.05) is 7.05 Å². The Labute approximate surface area is 104 Å². The summed E-state index contributed by atoms with van der Waals surface area (Å²) < 4.78 is 5.75. The molecule has 0 heterocycles. The van der Waals surface area contributed by atoms with Crippen LogP contribution in [0.2, 0.25) is 0 Å². The normalized spacial score (nSPS) is 18.8. The third kappa shape index (κ3) is 3.74. The molecule has 1 fully saturated rings. The van der Waals surface area contributed by atoms with Crippen LogP contribution in [0.5, 0.6) is 5.75 Å². The molecule has 2 atom stereocenters. The van der Waals surface area contributed by atoms with Crippen molar-refractivity contribution in [2.24, 2.45) is 0 Å². The summed E-state index contributed by atoms with van der Waals surface area (Å²) in [6, 6.07) is 9.17. The number of nitrogens with one attached hydrogen (secondary N) is 1. The smallest absolute Gasteiger partial charge is 0.119 e. The molecule has 0 aliphatic heterocycles. The fourth-order valence-electron chi connectivity index (χ4n) is 2.04. The van der Waals surface area contributed by atoms with Crippen molar-refractivity contribution >= 4 is 0 Å². The van der Waals surface area contributed by atoms with Crippen LogP contribution >= 0.6 is 0 Å². The van der Waals surface area contributed by atoms with Crippen LogP contribution in [-0.2, 0) is 0 Å². The van der Waals surface area contributed by atoms with Gasteiger partial charge in [0, 0.05) is 6.04 Å². The maximum absolute atomic E-state index is 5.75. The minimum atomic E-state index is 0.489. The molecule has 1 aliphatic rings. The molecule has 1 aromatic rings. The van der Waals surface area contributed by atoms with Crippen LogP contribution in [-0.4, -0.2) is 19.2 Å². The van der Waals surface area contributed by atoms with E-state index in [1.165, 1.54) is 24.8 Å². The van der Waals surface area contributed by atoms with E-state index in [2.05, 4.69) is 43.4 Å². The van der Waals surface area contributed by atoms with E-state index in [0.29, 0.717) is 18.1 Å². The molecule has 0 saturated heterocycles. The molecule has 0 spiro atoms. The van der Waals surface area contributed by atoms with Gasteiger partial charge in [-0.25, -0.2) is 0 Å². The summed E-state index contributed by atoms with van der Waals surface area (Å²) >= 11 is 0. The van der Waals surface area contributed by atoms with Gasteiger partial charge in [-0.3, -0.25) is 0 Å². The fourth-order valence-corrected chi connectivity index (χ4v) is 2.04. The Morgan fingerprint density at radius 3 is 2.41 bits per heavy atom. The summed E-state index contributed by atoms with van der Waals surface area (Å²) in [4.78, 5) is 0. The monoisotopic (exact) mass is 233 g/mol. The molecule has 17 heavy (non-hydrogen) atoms. The number of ether oxygens (including phenoxy) is 1. The SMILES string of the molecule is CNC(C)CC(C)c1ccc(OC2CC2)cc1. The van der Waals surface area contributed by atoms with Gasteiger partial charge in [0.1, 0.15) is 5.75 Å². The van der Waals surface area contributed by atoms with Crippen LogP contribution < -0.4 is 10.1 Å². The molecular weight excluding hydrogens is 210 g/mol. The Hall–Kier alpha value is -1.02. The second-order valence-corrected chi connectivity index (χ2v) is 5.21. The minimum absolute atomic E-state index is 0.489. The van der Waals surface area contributed by atoms with E-state index in [9.17, 15) is 0 Å². The molecule has 1 aromatic carbocycles. The second kappa shape index (κ2) is 5.54. The van der Waals surface area contributed by atoms with E-state index in [4.69, 9.17) is 4.74 Å². The summed E-state index contributed by atoms with van der Waals surface area (Å²) in [7, 11) is 2.02. The molecule has 2 rings (SSSR count). The zero-order valence-electron chi connectivity index (χ0n) is 11.1. The largest absolute Gasteiger partial charge is 0.490 e. The van der Waals surface area contributed by atoms with E-state index in [-0.39, 0.29) is 0 Å². The Morgan fingerprint density at radius 2 is 1.88 bits per heavy atom. The molecule has 2 heteroatoms. The van der Waals surface area contributed by atoms with Crippen molar-refractivity contribution in [2.75, 3.05) is 7.05 Å². The predicted octanol–water partition coefficient (Wildman–Crippen LogP) is 3.33. The number of benzene rings is 1. The molecule has 0 aromatic heterocycles. The van der Waals surface area contributed by atoms with Crippen LogP contribution in [0.3, 0.4) is 0 Å². The predicted molar refractivity (Wildman–Crippen MR) is 71.6 cm³/mol. The lowest BCUT2D eigenvalue weighted by Gasteiger charge is -2.17. The van der Waals surface area contributed by atoms with Crippen molar-refractivity contribution in [3.05, 3.63) is 29.8 Å². The van der Waals surface area contributed by atoms with Gasteiger partial charge in [-0.1, -0.05) is 19.1 Å². The van der Waals surface area contributed by atoms with Crippen molar-refractivity contribution < 1.29 is 4.74 Å².